The highest BCUT2D eigenvalue weighted by atomic mass is 16.6. The number of nitrogens with zero attached hydrogens (tertiary/aromatic N) is 5. The van der Waals surface area contributed by atoms with Crippen LogP contribution in [0.5, 0.6) is 0 Å². The van der Waals surface area contributed by atoms with E-state index in [2.05, 4.69) is 15.6 Å². The molecule has 0 aromatic carbocycles. The molecule has 2 aliphatic rings. The third-order valence-corrected chi connectivity index (χ3v) is 4.71. The van der Waals surface area contributed by atoms with Crippen LogP contribution in [0.4, 0.5) is 4.79 Å². The first kappa shape index (κ1) is 16.7. The van der Waals surface area contributed by atoms with Gasteiger partial charge in [-0.1, -0.05) is 0 Å². The molecule has 3 N–H and O–H groups in total. The van der Waals surface area contributed by atoms with Crippen molar-refractivity contribution in [3.63, 3.8) is 0 Å². The zero-order valence-corrected chi connectivity index (χ0v) is 14.4. The highest BCUT2D eigenvalue weighted by Crippen LogP contribution is 2.42. The Morgan fingerprint density at radius 3 is 3.00 bits per heavy atom. The number of urea groups is 1. The van der Waals surface area contributed by atoms with Crippen molar-refractivity contribution in [2.24, 2.45) is 17.8 Å². The molecule has 1 saturated heterocycles. The fraction of sp³-hybridized carbons (Fsp3) is 0.667. The molecule has 0 aliphatic carbocycles. The quantitative estimate of drug-likeness (QED) is 0.334. The van der Waals surface area contributed by atoms with Gasteiger partial charge in [0.25, 0.3) is 0 Å². The molecule has 0 saturated carbocycles. The average molecular weight is 335 g/mol. The van der Waals surface area contributed by atoms with Crippen LogP contribution in [0.15, 0.2) is 11.2 Å². The minimum Gasteiger partial charge on any atom is -0.330 e. The van der Waals surface area contributed by atoms with E-state index in [1.807, 2.05) is 29.9 Å². The number of carbonyl (C=O) groups is 1. The molecule has 0 unspecified atom stereocenters. The van der Waals surface area contributed by atoms with Crippen molar-refractivity contribution in [1.82, 2.24) is 25.1 Å². The summed E-state index contributed by atoms with van der Waals surface area (Å²) in [4.78, 5) is 26.0. The van der Waals surface area contributed by atoms with Gasteiger partial charge in [-0.15, -0.1) is 0 Å². The number of hydrogen-bond acceptors (Lipinski definition) is 5. The fourth-order valence-corrected chi connectivity index (χ4v) is 3.39. The van der Waals surface area contributed by atoms with Gasteiger partial charge in [0, 0.05) is 33.3 Å². The lowest BCUT2D eigenvalue weighted by molar-refractivity contribution is 0.0763. The lowest BCUT2D eigenvalue weighted by atomic mass is 9.97. The number of carbonyl (C=O) groups excluding carboxylic acids is 1. The molecule has 132 valence electrons. The standard InChI is InChI=1S/C15H25N7O2/c1-17-14(19-24-7-5-4-6-16)13-12-10(8-18-21(12)3)11-9-22(13)15(23)20(11)2/h8,11,13H,4-7,9,16H2,1-3H3,(H,17,19)/t11-,13-/m0/s1. The molecule has 9 heteroatoms. The number of nitrogens with two attached hydrogens (primary N) is 1. The normalized spacial score (nSPS) is 23.0. The number of unbranched alkanes of at least 4 members (excludes halogenated alkanes) is 1. The largest absolute Gasteiger partial charge is 0.330 e. The third kappa shape index (κ3) is 2.63. The van der Waals surface area contributed by atoms with Crippen molar-refractivity contribution in [3.05, 3.63) is 17.5 Å². The molecule has 0 radical (unpaired) electrons. The van der Waals surface area contributed by atoms with Gasteiger partial charge < -0.3 is 15.5 Å². The Balaban J connectivity index is 1.83. The third-order valence-electron chi connectivity index (χ3n) is 4.71. The second-order valence-electron chi connectivity index (χ2n) is 6.13. The summed E-state index contributed by atoms with van der Waals surface area (Å²) in [7, 11) is 5.40. The maximum atomic E-state index is 12.6. The first-order valence-electron chi connectivity index (χ1n) is 8.20. The summed E-state index contributed by atoms with van der Waals surface area (Å²) in [5, 5.41) is 4.38. The molecule has 2 amide bonds. The number of hydroxylamine groups is 1. The molecule has 2 aliphatic heterocycles. The molecule has 3 heterocycles. The van der Waals surface area contributed by atoms with Crippen LogP contribution in [0, 0.1) is 0 Å². The Morgan fingerprint density at radius 1 is 1.50 bits per heavy atom. The van der Waals surface area contributed by atoms with Crippen LogP contribution in [-0.4, -0.2) is 65.2 Å². The van der Waals surface area contributed by atoms with E-state index < -0.39 is 0 Å². The number of rotatable bonds is 6. The van der Waals surface area contributed by atoms with Crippen LogP contribution in [0.1, 0.15) is 36.2 Å². The molecule has 1 aromatic heterocycles. The Hall–Kier alpha value is -2.13. The van der Waals surface area contributed by atoms with Crippen LogP contribution < -0.4 is 11.2 Å². The number of aromatic nitrogens is 2. The van der Waals surface area contributed by atoms with Crippen LogP contribution in [0.25, 0.3) is 0 Å². The van der Waals surface area contributed by atoms with Gasteiger partial charge >= 0.3 is 6.03 Å². The SMILES string of the molecule is CN=C(NOCCCCN)[C@@H]1c2c(cnn2C)[C@@H]2CN1C(=O)N2C. The number of hydrogen-bond donors (Lipinski definition) is 2. The van der Waals surface area contributed by atoms with Gasteiger partial charge in [0.1, 0.15) is 11.9 Å². The summed E-state index contributed by atoms with van der Waals surface area (Å²) in [6.45, 7) is 1.82. The predicted molar refractivity (Wildman–Crippen MR) is 89.3 cm³/mol. The highest BCUT2D eigenvalue weighted by molar-refractivity contribution is 5.93. The van der Waals surface area contributed by atoms with E-state index in [9.17, 15) is 4.79 Å². The minimum atomic E-state index is -0.319. The number of amidine groups is 1. The van der Waals surface area contributed by atoms with E-state index in [1.165, 1.54) is 0 Å². The molecule has 2 atom stereocenters. The van der Waals surface area contributed by atoms with Crippen LogP contribution in [-0.2, 0) is 11.9 Å². The van der Waals surface area contributed by atoms with E-state index in [1.54, 1.807) is 11.9 Å². The van der Waals surface area contributed by atoms with Gasteiger partial charge in [0.05, 0.1) is 24.5 Å². The monoisotopic (exact) mass is 335 g/mol. The summed E-state index contributed by atoms with van der Waals surface area (Å²) in [5.74, 6) is 0.606. The van der Waals surface area contributed by atoms with E-state index in [0.29, 0.717) is 25.5 Å². The van der Waals surface area contributed by atoms with Gasteiger partial charge in [-0.05, 0) is 19.4 Å². The molecule has 1 aromatic rings. The molecule has 2 bridgehead atoms. The predicted octanol–water partition coefficient (Wildman–Crippen LogP) is 0.172. The Labute approximate surface area is 141 Å². The smallest absolute Gasteiger partial charge is 0.321 e. The summed E-state index contributed by atoms with van der Waals surface area (Å²) >= 11 is 0. The van der Waals surface area contributed by atoms with Crippen LogP contribution in [0.3, 0.4) is 0 Å². The number of nitrogens with one attached hydrogen (secondary N) is 1. The van der Waals surface area contributed by atoms with E-state index in [0.717, 1.165) is 24.1 Å². The van der Waals surface area contributed by atoms with E-state index in [4.69, 9.17) is 10.6 Å². The average Bonchev–Trinajstić information content (AvgIpc) is 3.08. The van der Waals surface area contributed by atoms with Gasteiger partial charge in [-0.2, -0.15) is 5.10 Å². The zero-order valence-electron chi connectivity index (χ0n) is 14.4. The molecular weight excluding hydrogens is 310 g/mol. The Kier molecular flexibility index (Phi) is 4.72. The van der Waals surface area contributed by atoms with Gasteiger partial charge in [0.2, 0.25) is 0 Å². The van der Waals surface area contributed by atoms with Gasteiger partial charge in [0.15, 0.2) is 0 Å². The fourth-order valence-electron chi connectivity index (χ4n) is 3.39. The molecule has 3 rings (SSSR count). The second-order valence-corrected chi connectivity index (χ2v) is 6.13. The Bertz CT molecular complexity index is 642. The highest BCUT2D eigenvalue weighted by Gasteiger charge is 2.49. The van der Waals surface area contributed by atoms with Gasteiger partial charge in [-0.3, -0.25) is 20.0 Å². The van der Waals surface area contributed by atoms with Crippen molar-refractivity contribution < 1.29 is 9.63 Å². The van der Waals surface area contributed by atoms with Crippen LogP contribution in [0.2, 0.25) is 0 Å². The number of likely N-dealkylation sites (N-methyl/N-ethyl adjacent to an activating group) is 1. The molecule has 9 nitrogen and oxygen atoms in total. The number of aliphatic imine (C=N–C) groups is 1. The number of fused-ring (bicyclic) bond motifs is 4. The van der Waals surface area contributed by atoms with Crippen LogP contribution >= 0.6 is 0 Å². The van der Waals surface area contributed by atoms with Crippen molar-refractivity contribution in [1.29, 1.82) is 0 Å². The number of aryl methyl sites for hydroxylation is 1. The number of amides is 2. The minimum absolute atomic E-state index is 0.00715. The van der Waals surface area contributed by atoms with Crippen molar-refractivity contribution in [2.75, 3.05) is 33.8 Å². The van der Waals surface area contributed by atoms with E-state index >= 15 is 0 Å². The zero-order chi connectivity index (χ0) is 17.3. The van der Waals surface area contributed by atoms with E-state index in [-0.39, 0.29) is 18.1 Å². The summed E-state index contributed by atoms with van der Waals surface area (Å²) in [5.41, 5.74) is 10.5. The molecule has 24 heavy (non-hydrogen) atoms. The molecule has 0 spiro atoms. The maximum Gasteiger partial charge on any atom is 0.321 e. The topological polar surface area (TPSA) is 101 Å². The summed E-state index contributed by atoms with van der Waals surface area (Å²) < 4.78 is 1.81. The first-order valence-corrected chi connectivity index (χ1v) is 8.20. The van der Waals surface area contributed by atoms with Crippen molar-refractivity contribution in [2.45, 2.75) is 24.9 Å². The maximum absolute atomic E-state index is 12.6. The summed E-state index contributed by atoms with van der Waals surface area (Å²) in [6.07, 6.45) is 3.62. The summed E-state index contributed by atoms with van der Waals surface area (Å²) in [6, 6.07) is -0.283. The molecular formula is C15H25N7O2. The van der Waals surface area contributed by atoms with Gasteiger partial charge in [-0.25, -0.2) is 4.79 Å². The Morgan fingerprint density at radius 2 is 2.29 bits per heavy atom. The first-order chi connectivity index (χ1) is 11.6. The lowest BCUT2D eigenvalue weighted by Gasteiger charge is -2.32. The lowest BCUT2D eigenvalue weighted by Crippen LogP contribution is -2.44. The second kappa shape index (κ2) is 6.78. The van der Waals surface area contributed by atoms with Crippen molar-refractivity contribution in [3.8, 4) is 0 Å². The van der Waals surface area contributed by atoms with Crippen molar-refractivity contribution >= 4 is 11.9 Å². The molecule has 1 fully saturated rings.